The van der Waals surface area contributed by atoms with Gasteiger partial charge in [-0.3, -0.25) is 0 Å². The lowest BCUT2D eigenvalue weighted by Gasteiger charge is -2.44. The molecule has 2 aliphatic rings. The van der Waals surface area contributed by atoms with Gasteiger partial charge in [0.25, 0.3) is 0 Å². The Morgan fingerprint density at radius 2 is 0.723 bits per heavy atom. The second-order valence-corrected chi connectivity index (χ2v) is 19.7. The van der Waals surface area contributed by atoms with E-state index < -0.39 is 5.41 Å². The molecule has 65 heavy (non-hydrogen) atoms. The van der Waals surface area contributed by atoms with E-state index in [-0.39, 0.29) is 16.2 Å². The molecule has 9 aromatic carbocycles. The van der Waals surface area contributed by atoms with Crippen molar-refractivity contribution in [3.8, 4) is 44.5 Å². The fourth-order valence-corrected chi connectivity index (χ4v) is 11.4. The molecule has 0 N–H and O–H groups in total. The van der Waals surface area contributed by atoms with Crippen LogP contribution in [-0.2, 0) is 16.2 Å². The molecule has 0 unspecified atom stereocenters. The summed E-state index contributed by atoms with van der Waals surface area (Å²) in [5.74, 6) is 0. The number of rotatable bonds is 8. The van der Waals surface area contributed by atoms with Crippen molar-refractivity contribution < 1.29 is 0 Å². The molecular weight excluding hydrogens is 783 g/mol. The summed E-state index contributed by atoms with van der Waals surface area (Å²) in [6.07, 6.45) is 0. The molecule has 0 heterocycles. The largest absolute Gasteiger partial charge is 0.310 e. The number of nitrogens with zero attached hydrogens (tertiary/aromatic N) is 1. The summed E-state index contributed by atoms with van der Waals surface area (Å²) in [6.45, 7) is 14.7. The van der Waals surface area contributed by atoms with E-state index in [1.165, 1.54) is 77.9 Å². The van der Waals surface area contributed by atoms with E-state index in [9.17, 15) is 0 Å². The number of benzene rings is 9. The summed E-state index contributed by atoms with van der Waals surface area (Å²) < 4.78 is 0. The smallest absolute Gasteiger partial charge is 0.0714 e. The number of anilines is 3. The third kappa shape index (κ3) is 6.13. The Morgan fingerprint density at radius 1 is 0.292 bits per heavy atom. The molecule has 1 nitrogen and oxygen atoms in total. The first-order valence-corrected chi connectivity index (χ1v) is 23.2. The van der Waals surface area contributed by atoms with Crippen molar-refractivity contribution in [3.05, 3.63) is 258 Å². The van der Waals surface area contributed by atoms with Crippen LogP contribution in [0.5, 0.6) is 0 Å². The molecule has 0 saturated carbocycles. The average molecular weight is 838 g/mol. The minimum absolute atomic E-state index is 0.00206. The van der Waals surface area contributed by atoms with Crippen LogP contribution in [-0.4, -0.2) is 0 Å². The highest BCUT2D eigenvalue weighted by Crippen LogP contribution is 2.63. The summed E-state index contributed by atoms with van der Waals surface area (Å²) in [5, 5.41) is 0. The van der Waals surface area contributed by atoms with Gasteiger partial charge in [-0.25, -0.2) is 0 Å². The van der Waals surface area contributed by atoms with Crippen molar-refractivity contribution >= 4 is 17.1 Å². The highest BCUT2D eigenvalue weighted by Gasteiger charge is 2.57. The van der Waals surface area contributed by atoms with Crippen LogP contribution in [0.4, 0.5) is 17.1 Å². The lowest BCUT2D eigenvalue weighted by molar-refractivity contribution is 0.125. The first kappa shape index (κ1) is 40.5. The summed E-state index contributed by atoms with van der Waals surface area (Å²) in [5.41, 5.74) is 20.5. The Bertz CT molecular complexity index is 3060. The maximum absolute atomic E-state index is 2.55. The van der Waals surface area contributed by atoms with Gasteiger partial charge in [0.2, 0.25) is 0 Å². The van der Waals surface area contributed by atoms with Crippen LogP contribution in [0, 0.1) is 5.41 Å². The number of fused-ring (bicyclic) bond motifs is 4. The highest BCUT2D eigenvalue weighted by molar-refractivity contribution is 5.97. The molecule has 0 fully saturated rings. The fraction of sp³-hybridized carbons (Fsp3) is 0.156. The second-order valence-electron chi connectivity index (χ2n) is 19.7. The summed E-state index contributed by atoms with van der Waals surface area (Å²) in [6, 6.07) is 83.6. The van der Waals surface area contributed by atoms with E-state index >= 15 is 0 Å². The molecule has 316 valence electrons. The zero-order chi connectivity index (χ0) is 44.6. The minimum atomic E-state index is -0.560. The molecule has 0 bridgehead atoms. The van der Waals surface area contributed by atoms with Crippen LogP contribution in [0.2, 0.25) is 0 Å². The lowest BCUT2D eigenvalue weighted by Crippen LogP contribution is -2.42. The SMILES string of the molecule is CC1(C)c2ccc(-c3cc4c(cc3N(c3ccc(-c5ccccc5)cc3)c3ccc(-c5ccccc5)cc3)C(c3ccccc3)(c3ccccc3)c3ccccc3-4)cc2C(C)(C)C1(C)C. The molecule has 9 aromatic rings. The molecule has 0 spiro atoms. The van der Waals surface area contributed by atoms with Gasteiger partial charge in [-0.2, -0.15) is 0 Å². The summed E-state index contributed by atoms with van der Waals surface area (Å²) >= 11 is 0. The van der Waals surface area contributed by atoms with Gasteiger partial charge in [-0.15, -0.1) is 0 Å². The van der Waals surface area contributed by atoms with Crippen molar-refractivity contribution in [2.24, 2.45) is 5.41 Å². The molecule has 1 heteroatoms. The third-order valence-electron chi connectivity index (χ3n) is 16.1. The zero-order valence-corrected chi connectivity index (χ0v) is 38.3. The fourth-order valence-electron chi connectivity index (χ4n) is 11.4. The Kier molecular flexibility index (Phi) is 9.49. The van der Waals surface area contributed by atoms with Crippen LogP contribution < -0.4 is 4.90 Å². The Morgan fingerprint density at radius 3 is 1.25 bits per heavy atom. The third-order valence-corrected chi connectivity index (χ3v) is 16.1. The maximum atomic E-state index is 2.55. The molecule has 0 saturated heterocycles. The molecule has 0 radical (unpaired) electrons. The topological polar surface area (TPSA) is 3.24 Å². The van der Waals surface area contributed by atoms with E-state index in [1.807, 2.05) is 0 Å². The lowest BCUT2D eigenvalue weighted by atomic mass is 9.59. The maximum Gasteiger partial charge on any atom is 0.0714 e. The number of hydrogen-bond donors (Lipinski definition) is 0. The second kappa shape index (κ2) is 15.2. The van der Waals surface area contributed by atoms with E-state index in [0.29, 0.717) is 0 Å². The van der Waals surface area contributed by atoms with E-state index in [2.05, 4.69) is 271 Å². The molecule has 0 atom stereocenters. The van der Waals surface area contributed by atoms with Gasteiger partial charge in [0.15, 0.2) is 0 Å². The molecule has 0 amide bonds. The van der Waals surface area contributed by atoms with Crippen molar-refractivity contribution in [3.63, 3.8) is 0 Å². The monoisotopic (exact) mass is 837 g/mol. The molecule has 2 aliphatic carbocycles. The van der Waals surface area contributed by atoms with Gasteiger partial charge in [0, 0.05) is 16.9 Å². The molecule has 0 aromatic heterocycles. The molecule has 0 aliphatic heterocycles. The summed E-state index contributed by atoms with van der Waals surface area (Å²) in [7, 11) is 0. The summed E-state index contributed by atoms with van der Waals surface area (Å²) in [4.78, 5) is 2.51. The van der Waals surface area contributed by atoms with E-state index in [0.717, 1.165) is 17.1 Å². The van der Waals surface area contributed by atoms with Crippen molar-refractivity contribution in [2.75, 3.05) is 4.90 Å². The van der Waals surface area contributed by atoms with Gasteiger partial charge < -0.3 is 4.90 Å². The average Bonchev–Trinajstić information content (AvgIpc) is 3.69. The highest BCUT2D eigenvalue weighted by atomic mass is 15.1. The van der Waals surface area contributed by atoms with E-state index in [1.54, 1.807) is 0 Å². The Balaban J connectivity index is 1.23. The standard InChI is InChI=1S/C64H55N/c1-61(2)57-40-35-48(41-59(57)62(3,4)63(61,5)6)54-42-55-53-29-19-20-30-56(53)64(49-25-15-9-16-26-49,50-27-17-10-18-28-50)58(55)43-60(54)65(51-36-31-46(32-37-51)44-21-11-7-12-22-44)52-38-33-47(34-39-52)45-23-13-8-14-24-45/h7-43H,1-6H3. The zero-order valence-electron chi connectivity index (χ0n) is 38.3. The predicted octanol–water partition coefficient (Wildman–Crippen LogP) is 17.1. The normalized spacial score (nSPS) is 15.7. The first-order valence-electron chi connectivity index (χ1n) is 23.2. The van der Waals surface area contributed by atoms with Crippen molar-refractivity contribution in [1.82, 2.24) is 0 Å². The molecular formula is C64H55N. The van der Waals surface area contributed by atoms with Crippen molar-refractivity contribution in [1.29, 1.82) is 0 Å². The van der Waals surface area contributed by atoms with Gasteiger partial charge in [-0.1, -0.05) is 230 Å². The molecule has 11 rings (SSSR count). The van der Waals surface area contributed by atoms with Crippen LogP contribution in [0.25, 0.3) is 44.5 Å². The van der Waals surface area contributed by atoms with Crippen LogP contribution in [0.15, 0.2) is 224 Å². The number of hydrogen-bond acceptors (Lipinski definition) is 1. The first-order chi connectivity index (χ1) is 31.5. The van der Waals surface area contributed by atoms with Gasteiger partial charge in [0.05, 0.1) is 11.1 Å². The van der Waals surface area contributed by atoms with Gasteiger partial charge in [0.1, 0.15) is 0 Å². The Hall–Kier alpha value is -7.22. The van der Waals surface area contributed by atoms with Crippen LogP contribution in [0.1, 0.15) is 74.9 Å². The van der Waals surface area contributed by atoms with Crippen LogP contribution in [0.3, 0.4) is 0 Å². The van der Waals surface area contributed by atoms with Gasteiger partial charge >= 0.3 is 0 Å². The van der Waals surface area contributed by atoms with Crippen LogP contribution >= 0.6 is 0 Å². The van der Waals surface area contributed by atoms with E-state index in [4.69, 9.17) is 0 Å². The predicted molar refractivity (Wildman–Crippen MR) is 275 cm³/mol. The quantitative estimate of drug-likeness (QED) is 0.147. The van der Waals surface area contributed by atoms with Gasteiger partial charge in [-0.05, 0) is 125 Å². The van der Waals surface area contributed by atoms with Crippen molar-refractivity contribution in [2.45, 2.75) is 57.8 Å². The minimum Gasteiger partial charge on any atom is -0.310 e. The Labute approximate surface area is 385 Å².